The Kier molecular flexibility index (Phi) is 1.60. The molecule has 8 heavy (non-hydrogen) atoms. The van der Waals surface area contributed by atoms with Crippen LogP contribution in [-0.2, 0) is 4.79 Å². The van der Waals surface area contributed by atoms with Crippen LogP contribution in [0.3, 0.4) is 0 Å². The SMILES string of the molecule is [2H]C1=C(SC)SCC1=O. The second-order valence-corrected chi connectivity index (χ2v) is 3.39. The summed E-state index contributed by atoms with van der Waals surface area (Å²) in [6.45, 7) is 0. The van der Waals surface area contributed by atoms with E-state index in [1.807, 2.05) is 6.26 Å². The molecule has 1 heterocycles. The third-order valence-corrected chi connectivity index (χ3v) is 2.86. The largest absolute Gasteiger partial charge is 0.294 e. The van der Waals surface area contributed by atoms with Gasteiger partial charge in [-0.15, -0.1) is 23.5 Å². The van der Waals surface area contributed by atoms with Crippen LogP contribution in [0, 0.1) is 0 Å². The second kappa shape index (κ2) is 2.60. The monoisotopic (exact) mass is 147 g/mol. The first kappa shape index (κ1) is 4.94. The van der Waals surface area contributed by atoms with Gasteiger partial charge in [-0.25, -0.2) is 0 Å². The summed E-state index contributed by atoms with van der Waals surface area (Å²) in [6, 6.07) is 0.201. The molecule has 1 rings (SSSR count). The normalized spacial score (nSPS) is 22.1. The highest BCUT2D eigenvalue weighted by atomic mass is 32.2. The van der Waals surface area contributed by atoms with Crippen molar-refractivity contribution in [2.75, 3.05) is 12.0 Å². The number of thioether (sulfide) groups is 2. The van der Waals surface area contributed by atoms with E-state index in [1.54, 1.807) is 0 Å². The summed E-state index contributed by atoms with van der Waals surface area (Å²) in [6.07, 6.45) is 1.88. The van der Waals surface area contributed by atoms with Crippen LogP contribution in [0.4, 0.5) is 0 Å². The molecule has 0 N–H and O–H groups in total. The van der Waals surface area contributed by atoms with E-state index < -0.39 is 0 Å². The molecule has 1 aliphatic heterocycles. The van der Waals surface area contributed by atoms with Gasteiger partial charge in [0.05, 0.1) is 7.12 Å². The third-order valence-electron chi connectivity index (χ3n) is 0.761. The maximum Gasteiger partial charge on any atom is 0.167 e. The molecular weight excluding hydrogens is 140 g/mol. The quantitative estimate of drug-likeness (QED) is 0.559. The van der Waals surface area contributed by atoms with Crippen LogP contribution in [-0.4, -0.2) is 17.8 Å². The molecule has 0 aliphatic carbocycles. The van der Waals surface area contributed by atoms with E-state index in [4.69, 9.17) is 1.37 Å². The molecule has 44 valence electrons. The lowest BCUT2D eigenvalue weighted by Gasteiger charge is -1.87. The predicted molar refractivity (Wildman–Crippen MR) is 39.1 cm³/mol. The Labute approximate surface area is 58.3 Å². The van der Waals surface area contributed by atoms with Crippen LogP contribution >= 0.6 is 23.5 Å². The van der Waals surface area contributed by atoms with E-state index in [9.17, 15) is 4.79 Å². The zero-order valence-electron chi connectivity index (χ0n) is 5.43. The van der Waals surface area contributed by atoms with Gasteiger partial charge in [0.2, 0.25) is 0 Å². The minimum absolute atomic E-state index is 0.0376. The van der Waals surface area contributed by atoms with Gasteiger partial charge in [-0.2, -0.15) is 0 Å². The maximum absolute atomic E-state index is 10.7. The lowest BCUT2D eigenvalue weighted by molar-refractivity contribution is -0.112. The second-order valence-electron chi connectivity index (χ2n) is 1.33. The van der Waals surface area contributed by atoms with Crippen molar-refractivity contribution >= 4 is 29.3 Å². The molecule has 0 aromatic heterocycles. The first-order chi connectivity index (χ1) is 4.25. The average Bonchev–Trinajstić information content (AvgIpc) is 2.15. The summed E-state index contributed by atoms with van der Waals surface area (Å²) in [7, 11) is 0. The van der Waals surface area contributed by atoms with Crippen LogP contribution in [0.1, 0.15) is 1.37 Å². The molecule has 0 spiro atoms. The molecule has 0 bridgehead atoms. The van der Waals surface area contributed by atoms with E-state index >= 15 is 0 Å². The van der Waals surface area contributed by atoms with Crippen molar-refractivity contribution in [1.82, 2.24) is 0 Å². The molecule has 1 aliphatic rings. The van der Waals surface area contributed by atoms with Crippen molar-refractivity contribution in [3.63, 3.8) is 0 Å². The molecule has 1 nitrogen and oxygen atoms in total. The van der Waals surface area contributed by atoms with E-state index in [-0.39, 0.29) is 11.8 Å². The van der Waals surface area contributed by atoms with Gasteiger partial charge in [0.15, 0.2) is 5.78 Å². The van der Waals surface area contributed by atoms with E-state index in [1.165, 1.54) is 23.5 Å². The van der Waals surface area contributed by atoms with Crippen molar-refractivity contribution in [2.24, 2.45) is 0 Å². The van der Waals surface area contributed by atoms with Crippen molar-refractivity contribution in [1.29, 1.82) is 0 Å². The number of hydrogen-bond donors (Lipinski definition) is 0. The Balaban J connectivity index is 2.79. The van der Waals surface area contributed by atoms with Crippen molar-refractivity contribution in [2.45, 2.75) is 0 Å². The molecule has 0 radical (unpaired) electrons. The molecule has 3 heteroatoms. The van der Waals surface area contributed by atoms with Gasteiger partial charge in [-0.3, -0.25) is 4.79 Å². The number of hydrogen-bond acceptors (Lipinski definition) is 3. The number of allylic oxidation sites excluding steroid dienone is 1. The predicted octanol–water partition coefficient (Wildman–Crippen LogP) is 1.51. The van der Waals surface area contributed by atoms with Crippen LogP contribution in [0.5, 0.6) is 0 Å². The van der Waals surface area contributed by atoms with Gasteiger partial charge in [0.25, 0.3) is 0 Å². The van der Waals surface area contributed by atoms with Gasteiger partial charge in [-0.1, -0.05) is 0 Å². The Bertz CT molecular complexity index is 176. The van der Waals surface area contributed by atoms with Crippen LogP contribution in [0.15, 0.2) is 10.3 Å². The fourth-order valence-corrected chi connectivity index (χ4v) is 1.81. The zero-order chi connectivity index (χ0) is 6.85. The van der Waals surface area contributed by atoms with E-state index in [2.05, 4.69) is 0 Å². The molecule has 0 aromatic rings. The van der Waals surface area contributed by atoms with Crippen LogP contribution in [0.25, 0.3) is 0 Å². The van der Waals surface area contributed by atoms with Gasteiger partial charge >= 0.3 is 0 Å². The number of carbonyl (C=O) groups is 1. The van der Waals surface area contributed by atoms with Crippen molar-refractivity contribution < 1.29 is 6.17 Å². The Morgan fingerprint density at radius 2 is 2.88 bits per heavy atom. The lowest BCUT2D eigenvalue weighted by Crippen LogP contribution is -1.86. The first-order valence-corrected chi connectivity index (χ1v) is 4.37. The molecule has 0 saturated heterocycles. The minimum Gasteiger partial charge on any atom is -0.294 e. The summed E-state index contributed by atoms with van der Waals surface area (Å²) in [4.78, 5) is 10.7. The molecule has 0 amide bonds. The average molecular weight is 147 g/mol. The molecule has 0 aromatic carbocycles. The van der Waals surface area contributed by atoms with Gasteiger partial charge in [0.1, 0.15) is 0 Å². The summed E-state index contributed by atoms with van der Waals surface area (Å²) in [5, 5.41) is 0. The molecular formula is C5H6OS2. The Morgan fingerprint density at radius 1 is 2.12 bits per heavy atom. The highest BCUT2D eigenvalue weighted by Crippen LogP contribution is 2.30. The van der Waals surface area contributed by atoms with Crippen LogP contribution in [0.2, 0.25) is 0 Å². The lowest BCUT2D eigenvalue weighted by atomic mass is 10.5. The van der Waals surface area contributed by atoms with Gasteiger partial charge in [0, 0.05) is 10.3 Å². The standard InChI is InChI=1S/C5H6OS2/c1-7-5-2-4(6)3-8-5/h2H,3H2,1H3/i2D. The molecule has 0 atom stereocenters. The van der Waals surface area contributed by atoms with E-state index in [0.717, 1.165) is 4.24 Å². The zero-order valence-corrected chi connectivity index (χ0v) is 6.06. The van der Waals surface area contributed by atoms with Crippen molar-refractivity contribution in [3.05, 3.63) is 10.3 Å². The minimum atomic E-state index is -0.0376. The maximum atomic E-state index is 10.7. The highest BCUT2D eigenvalue weighted by molar-refractivity contribution is 8.22. The molecule has 0 unspecified atom stereocenters. The smallest absolute Gasteiger partial charge is 0.167 e. The Hall–Kier alpha value is 0.110. The molecule has 0 fully saturated rings. The van der Waals surface area contributed by atoms with Crippen LogP contribution < -0.4 is 0 Å². The summed E-state index contributed by atoms with van der Waals surface area (Å²) < 4.78 is 8.04. The van der Waals surface area contributed by atoms with Crippen molar-refractivity contribution in [3.8, 4) is 0 Å². The number of carbonyl (C=O) groups excluding carboxylic acids is 1. The summed E-state index contributed by atoms with van der Waals surface area (Å²) in [5.41, 5.74) is 0. The van der Waals surface area contributed by atoms with Gasteiger partial charge in [-0.05, 0) is 6.26 Å². The summed E-state index contributed by atoms with van der Waals surface area (Å²) in [5.74, 6) is 0.430. The summed E-state index contributed by atoms with van der Waals surface area (Å²) >= 11 is 2.94. The fraction of sp³-hybridized carbons (Fsp3) is 0.400. The van der Waals surface area contributed by atoms with Gasteiger partial charge < -0.3 is 0 Å². The number of ketones is 1. The number of rotatable bonds is 1. The molecule has 0 saturated carbocycles. The van der Waals surface area contributed by atoms with E-state index in [0.29, 0.717) is 5.75 Å². The Morgan fingerprint density at radius 3 is 3.12 bits per heavy atom. The highest BCUT2D eigenvalue weighted by Gasteiger charge is 2.10. The first-order valence-electron chi connectivity index (χ1n) is 2.66. The topological polar surface area (TPSA) is 17.1 Å². The third kappa shape index (κ3) is 1.29. The fourth-order valence-electron chi connectivity index (χ4n) is 0.427.